The van der Waals surface area contributed by atoms with Crippen molar-refractivity contribution in [2.45, 2.75) is 27.3 Å². The molecular formula is C11H18N2O. The first-order valence-electron chi connectivity index (χ1n) is 5.05. The number of hydrogen-bond donors (Lipinski definition) is 1. The second-order valence-corrected chi connectivity index (χ2v) is 3.38. The minimum Gasteiger partial charge on any atom is -0.506 e. The van der Waals surface area contributed by atoms with Crippen LogP contribution in [0.25, 0.3) is 0 Å². The molecule has 1 rings (SSSR count). The minimum absolute atomic E-state index is 0.294. The van der Waals surface area contributed by atoms with Crippen LogP contribution >= 0.6 is 0 Å². The third-order valence-electron chi connectivity index (χ3n) is 2.36. The number of aromatic hydroxyl groups is 1. The number of hydrogen-bond acceptors (Lipinski definition) is 3. The molecule has 78 valence electrons. The predicted molar refractivity (Wildman–Crippen MR) is 57.3 cm³/mol. The lowest BCUT2D eigenvalue weighted by Gasteiger charge is -2.18. The smallest absolute Gasteiger partial charge is 0.138 e. The molecule has 0 aliphatic rings. The van der Waals surface area contributed by atoms with Gasteiger partial charge < -0.3 is 5.11 Å². The van der Waals surface area contributed by atoms with Crippen LogP contribution in [0.5, 0.6) is 5.75 Å². The Balaban J connectivity index is 2.79. The molecule has 14 heavy (non-hydrogen) atoms. The van der Waals surface area contributed by atoms with Crippen LogP contribution < -0.4 is 0 Å². The number of rotatable bonds is 4. The molecule has 0 atom stereocenters. The lowest BCUT2D eigenvalue weighted by molar-refractivity contribution is 0.286. The van der Waals surface area contributed by atoms with E-state index in [2.05, 4.69) is 23.7 Å². The normalized spacial score (nSPS) is 10.9. The van der Waals surface area contributed by atoms with Gasteiger partial charge in [0.15, 0.2) is 0 Å². The maximum absolute atomic E-state index is 9.59. The monoisotopic (exact) mass is 194 g/mol. The van der Waals surface area contributed by atoms with Crippen LogP contribution in [0.2, 0.25) is 0 Å². The van der Waals surface area contributed by atoms with Gasteiger partial charge in [-0.1, -0.05) is 13.8 Å². The summed E-state index contributed by atoms with van der Waals surface area (Å²) in [6, 6.07) is 3.53. The van der Waals surface area contributed by atoms with E-state index in [0.29, 0.717) is 5.75 Å². The Morgan fingerprint density at radius 3 is 2.50 bits per heavy atom. The van der Waals surface area contributed by atoms with Crippen molar-refractivity contribution in [3.63, 3.8) is 0 Å². The van der Waals surface area contributed by atoms with Gasteiger partial charge >= 0.3 is 0 Å². The predicted octanol–water partition coefficient (Wildman–Crippen LogP) is 1.94. The van der Waals surface area contributed by atoms with E-state index in [1.807, 2.05) is 13.0 Å². The summed E-state index contributed by atoms with van der Waals surface area (Å²) < 4.78 is 0. The summed E-state index contributed by atoms with van der Waals surface area (Å²) in [5, 5.41) is 9.59. The van der Waals surface area contributed by atoms with Crippen LogP contribution in [0.3, 0.4) is 0 Å². The second kappa shape index (κ2) is 4.96. The molecule has 0 saturated heterocycles. The van der Waals surface area contributed by atoms with E-state index in [-0.39, 0.29) is 0 Å². The lowest BCUT2D eigenvalue weighted by Crippen LogP contribution is -2.22. The van der Waals surface area contributed by atoms with Crippen molar-refractivity contribution in [3.8, 4) is 5.75 Å². The van der Waals surface area contributed by atoms with Gasteiger partial charge in [0, 0.05) is 12.2 Å². The van der Waals surface area contributed by atoms with Crippen molar-refractivity contribution in [1.29, 1.82) is 0 Å². The van der Waals surface area contributed by atoms with Crippen LogP contribution in [-0.4, -0.2) is 28.1 Å². The molecule has 0 saturated carbocycles. The van der Waals surface area contributed by atoms with Crippen molar-refractivity contribution in [1.82, 2.24) is 9.88 Å². The highest BCUT2D eigenvalue weighted by atomic mass is 16.3. The molecule has 0 aliphatic carbocycles. The van der Waals surface area contributed by atoms with Gasteiger partial charge in [-0.05, 0) is 32.1 Å². The topological polar surface area (TPSA) is 36.4 Å². The fourth-order valence-electron chi connectivity index (χ4n) is 1.38. The van der Waals surface area contributed by atoms with E-state index in [4.69, 9.17) is 0 Å². The molecule has 0 bridgehead atoms. The fraction of sp³-hybridized carbons (Fsp3) is 0.545. The molecule has 1 heterocycles. The van der Waals surface area contributed by atoms with Crippen molar-refractivity contribution >= 4 is 0 Å². The van der Waals surface area contributed by atoms with Crippen molar-refractivity contribution in [2.75, 3.05) is 13.1 Å². The third-order valence-corrected chi connectivity index (χ3v) is 2.36. The summed E-state index contributed by atoms with van der Waals surface area (Å²) in [5.74, 6) is 0.294. The minimum atomic E-state index is 0.294. The molecule has 0 aromatic carbocycles. The van der Waals surface area contributed by atoms with Gasteiger partial charge in [0.1, 0.15) is 5.75 Å². The van der Waals surface area contributed by atoms with Gasteiger partial charge in [-0.25, -0.2) is 0 Å². The number of aryl methyl sites for hydroxylation is 1. The van der Waals surface area contributed by atoms with E-state index in [1.54, 1.807) is 6.07 Å². The Kier molecular flexibility index (Phi) is 3.89. The molecule has 0 spiro atoms. The second-order valence-electron chi connectivity index (χ2n) is 3.38. The molecule has 1 aromatic heterocycles. The van der Waals surface area contributed by atoms with Gasteiger partial charge in [0.05, 0.1) is 5.69 Å². The highest BCUT2D eigenvalue weighted by molar-refractivity contribution is 5.27. The summed E-state index contributed by atoms with van der Waals surface area (Å²) in [6.07, 6.45) is 0. The lowest BCUT2D eigenvalue weighted by atomic mass is 10.2. The zero-order valence-electron chi connectivity index (χ0n) is 9.12. The first-order chi connectivity index (χ1) is 6.67. The van der Waals surface area contributed by atoms with Gasteiger partial charge in [-0.3, -0.25) is 9.88 Å². The maximum atomic E-state index is 9.59. The quantitative estimate of drug-likeness (QED) is 0.795. The first kappa shape index (κ1) is 11.0. The highest BCUT2D eigenvalue weighted by Gasteiger charge is 2.07. The molecule has 3 nitrogen and oxygen atoms in total. The molecule has 1 N–H and O–H groups in total. The highest BCUT2D eigenvalue weighted by Crippen LogP contribution is 2.16. The Morgan fingerprint density at radius 1 is 1.29 bits per heavy atom. The van der Waals surface area contributed by atoms with E-state index in [9.17, 15) is 5.11 Å². The fourth-order valence-corrected chi connectivity index (χ4v) is 1.38. The summed E-state index contributed by atoms with van der Waals surface area (Å²) in [6.45, 7) is 8.83. The largest absolute Gasteiger partial charge is 0.506 e. The molecule has 0 aliphatic heterocycles. The average molecular weight is 194 g/mol. The molecule has 1 aromatic rings. The standard InChI is InChI=1S/C11H18N2O/c1-4-13(5-2)8-10-11(14)7-6-9(3)12-10/h6-7,14H,4-5,8H2,1-3H3. The van der Waals surface area contributed by atoms with Crippen molar-refractivity contribution in [3.05, 3.63) is 23.5 Å². The summed E-state index contributed by atoms with van der Waals surface area (Å²) in [4.78, 5) is 6.54. The van der Waals surface area contributed by atoms with Crippen LogP contribution in [0.15, 0.2) is 12.1 Å². The Labute approximate surface area is 85.4 Å². The van der Waals surface area contributed by atoms with Gasteiger partial charge in [-0.15, -0.1) is 0 Å². The zero-order valence-corrected chi connectivity index (χ0v) is 9.12. The van der Waals surface area contributed by atoms with Crippen LogP contribution in [0.4, 0.5) is 0 Å². The first-order valence-corrected chi connectivity index (χ1v) is 5.05. The summed E-state index contributed by atoms with van der Waals surface area (Å²) in [5.41, 5.74) is 1.72. The van der Waals surface area contributed by atoms with E-state index in [0.717, 1.165) is 31.0 Å². The van der Waals surface area contributed by atoms with Crippen molar-refractivity contribution < 1.29 is 5.11 Å². The zero-order chi connectivity index (χ0) is 10.6. The van der Waals surface area contributed by atoms with E-state index >= 15 is 0 Å². The van der Waals surface area contributed by atoms with Gasteiger partial charge in [0.25, 0.3) is 0 Å². The summed E-state index contributed by atoms with van der Waals surface area (Å²) in [7, 11) is 0. The Morgan fingerprint density at radius 2 is 1.93 bits per heavy atom. The maximum Gasteiger partial charge on any atom is 0.138 e. The van der Waals surface area contributed by atoms with Gasteiger partial charge in [0.2, 0.25) is 0 Å². The van der Waals surface area contributed by atoms with E-state index in [1.165, 1.54) is 0 Å². The molecule has 0 fully saturated rings. The SMILES string of the molecule is CCN(CC)Cc1nc(C)ccc1O. The molecule has 0 amide bonds. The average Bonchev–Trinajstić information content (AvgIpc) is 2.19. The summed E-state index contributed by atoms with van der Waals surface area (Å²) >= 11 is 0. The number of nitrogens with zero attached hydrogens (tertiary/aromatic N) is 2. The van der Waals surface area contributed by atoms with Crippen LogP contribution in [0, 0.1) is 6.92 Å². The molecule has 0 unspecified atom stereocenters. The van der Waals surface area contributed by atoms with Gasteiger partial charge in [-0.2, -0.15) is 0 Å². The van der Waals surface area contributed by atoms with Crippen LogP contribution in [0.1, 0.15) is 25.2 Å². The van der Waals surface area contributed by atoms with Crippen molar-refractivity contribution in [2.24, 2.45) is 0 Å². The molecule has 3 heteroatoms. The number of pyridine rings is 1. The van der Waals surface area contributed by atoms with Crippen LogP contribution in [-0.2, 0) is 6.54 Å². The Bertz CT molecular complexity index is 295. The Hall–Kier alpha value is -1.09. The van der Waals surface area contributed by atoms with E-state index < -0.39 is 0 Å². The molecular weight excluding hydrogens is 176 g/mol. The number of aromatic nitrogens is 1. The third kappa shape index (κ3) is 2.70. The molecule has 0 radical (unpaired) electrons.